The fraction of sp³-hybridized carbons (Fsp3) is 0.182. The quantitative estimate of drug-likeness (QED) is 0.569. The molecule has 2 amide bonds. The molecule has 2 saturated heterocycles. The number of hydroxylamine groups is 1. The van der Waals surface area contributed by atoms with Gasteiger partial charge in [0.2, 0.25) is 5.91 Å². The number of carbonyl (C=O) groups is 2. The van der Waals surface area contributed by atoms with Crippen LogP contribution in [0.25, 0.3) is 0 Å². The Morgan fingerprint density at radius 3 is 2.48 bits per heavy atom. The number of para-hydroxylation sites is 1. The highest BCUT2D eigenvalue weighted by Gasteiger charge is 2.60. The van der Waals surface area contributed by atoms with E-state index in [1.54, 1.807) is 41.5 Å². The number of thiophene rings is 1. The first kappa shape index (κ1) is 18.4. The lowest BCUT2D eigenvalue weighted by Gasteiger charge is -2.28. The molecule has 0 saturated carbocycles. The number of nitrogens with zero attached hydrogens (tertiary/aromatic N) is 2. The number of imide groups is 1. The number of anilines is 2. The Hall–Kier alpha value is -2.67. The molecule has 3 aromatic rings. The maximum atomic E-state index is 13.5. The Labute approximate surface area is 177 Å². The third kappa shape index (κ3) is 2.79. The van der Waals surface area contributed by atoms with E-state index in [0.29, 0.717) is 16.3 Å². The number of hydrogen-bond acceptors (Lipinski definition) is 5. The van der Waals surface area contributed by atoms with Gasteiger partial charge in [0, 0.05) is 9.90 Å². The third-order valence-electron chi connectivity index (χ3n) is 5.44. The first-order valence-corrected chi connectivity index (χ1v) is 10.5. The Morgan fingerprint density at radius 2 is 1.76 bits per heavy atom. The highest BCUT2D eigenvalue weighted by molar-refractivity contribution is 7.10. The lowest BCUT2D eigenvalue weighted by molar-refractivity contribution is -0.126. The summed E-state index contributed by atoms with van der Waals surface area (Å²) in [4.78, 5) is 35.1. The van der Waals surface area contributed by atoms with Crippen molar-refractivity contribution in [1.29, 1.82) is 0 Å². The average molecular weight is 425 g/mol. The van der Waals surface area contributed by atoms with Gasteiger partial charge in [0.1, 0.15) is 12.0 Å². The maximum absolute atomic E-state index is 13.5. The van der Waals surface area contributed by atoms with E-state index in [-0.39, 0.29) is 17.9 Å². The van der Waals surface area contributed by atoms with Crippen LogP contribution < -0.4 is 9.96 Å². The van der Waals surface area contributed by atoms with Crippen LogP contribution in [0.4, 0.5) is 11.4 Å². The van der Waals surface area contributed by atoms with Gasteiger partial charge < -0.3 is 0 Å². The van der Waals surface area contributed by atoms with Gasteiger partial charge in [-0.15, -0.1) is 11.3 Å². The molecular weight excluding hydrogens is 408 g/mol. The largest absolute Gasteiger partial charge is 0.273 e. The highest BCUT2D eigenvalue weighted by Crippen LogP contribution is 2.49. The first-order chi connectivity index (χ1) is 14.1. The lowest BCUT2D eigenvalue weighted by Crippen LogP contribution is -2.37. The summed E-state index contributed by atoms with van der Waals surface area (Å²) in [6.45, 7) is 1.81. The number of hydrogen-bond donors (Lipinski definition) is 0. The smallest absolute Gasteiger partial charge is 0.266 e. The topological polar surface area (TPSA) is 49.9 Å². The predicted octanol–water partition coefficient (Wildman–Crippen LogP) is 4.76. The summed E-state index contributed by atoms with van der Waals surface area (Å²) in [5, 5.41) is 4.19. The lowest BCUT2D eigenvalue weighted by atomic mass is 9.95. The normalized spacial score (nSPS) is 23.7. The molecule has 0 bridgehead atoms. The summed E-state index contributed by atoms with van der Waals surface area (Å²) in [6, 6.07) is 18.3. The van der Waals surface area contributed by atoms with Crippen molar-refractivity contribution in [2.24, 2.45) is 5.92 Å². The maximum Gasteiger partial charge on any atom is 0.266 e. The van der Waals surface area contributed by atoms with Crippen LogP contribution in [0.3, 0.4) is 0 Å². The summed E-state index contributed by atoms with van der Waals surface area (Å²) in [7, 11) is 0. The van der Waals surface area contributed by atoms with Crippen molar-refractivity contribution in [2.75, 3.05) is 9.96 Å². The molecule has 146 valence electrons. The third-order valence-corrected chi connectivity index (χ3v) is 6.79. The van der Waals surface area contributed by atoms with Crippen molar-refractivity contribution in [3.63, 3.8) is 0 Å². The van der Waals surface area contributed by atoms with E-state index < -0.39 is 12.0 Å². The van der Waals surface area contributed by atoms with E-state index in [9.17, 15) is 9.59 Å². The summed E-state index contributed by atoms with van der Waals surface area (Å²) >= 11 is 7.78. The Morgan fingerprint density at radius 1 is 0.966 bits per heavy atom. The molecule has 0 spiro atoms. The van der Waals surface area contributed by atoms with Crippen LogP contribution >= 0.6 is 22.9 Å². The molecule has 7 heteroatoms. The van der Waals surface area contributed by atoms with Crippen LogP contribution in [0, 0.1) is 12.8 Å². The zero-order valence-corrected chi connectivity index (χ0v) is 17.1. The SMILES string of the molecule is Cc1c(Cl)cccc1N1C(=O)[C@@H]2[C@@H](ON(c3ccccc3)[C@H]2c2cccs2)C1=O. The van der Waals surface area contributed by atoms with E-state index >= 15 is 0 Å². The number of carbonyl (C=O) groups excluding carboxylic acids is 2. The first-order valence-electron chi connectivity index (χ1n) is 9.25. The van der Waals surface area contributed by atoms with Crippen molar-refractivity contribution in [1.82, 2.24) is 0 Å². The van der Waals surface area contributed by atoms with Gasteiger partial charge in [-0.2, -0.15) is 0 Å². The minimum Gasteiger partial charge on any atom is -0.273 e. The number of amides is 2. The van der Waals surface area contributed by atoms with E-state index in [1.807, 2.05) is 47.8 Å². The number of halogens is 1. The van der Waals surface area contributed by atoms with Crippen molar-refractivity contribution in [3.8, 4) is 0 Å². The standard InChI is InChI=1S/C22H17ClN2O3S/c1-13-15(23)9-5-10-16(13)24-21(26)18-19(17-11-6-12-29-17)25(28-20(18)22(24)27)14-7-3-2-4-8-14/h2-12,18-20H,1H3/t18-,19-,20+/m0/s1. The van der Waals surface area contributed by atoms with Crippen molar-refractivity contribution in [2.45, 2.75) is 19.1 Å². The molecule has 5 nitrogen and oxygen atoms in total. The molecule has 0 N–H and O–H groups in total. The molecular formula is C22H17ClN2O3S. The predicted molar refractivity (Wildman–Crippen MR) is 113 cm³/mol. The van der Waals surface area contributed by atoms with Crippen molar-refractivity contribution in [3.05, 3.63) is 81.5 Å². The molecule has 2 aromatic carbocycles. The van der Waals surface area contributed by atoms with E-state index in [2.05, 4.69) is 0 Å². The molecule has 2 aliphatic heterocycles. The van der Waals surface area contributed by atoms with E-state index in [0.717, 1.165) is 10.6 Å². The molecule has 0 radical (unpaired) electrons. The van der Waals surface area contributed by atoms with E-state index in [4.69, 9.17) is 16.4 Å². The summed E-state index contributed by atoms with van der Waals surface area (Å²) in [5.74, 6) is -1.24. The minimum atomic E-state index is -0.867. The molecule has 2 aliphatic rings. The van der Waals surface area contributed by atoms with E-state index in [1.165, 1.54) is 4.90 Å². The Balaban J connectivity index is 1.59. The number of benzene rings is 2. The van der Waals surface area contributed by atoms with Crippen LogP contribution in [0.1, 0.15) is 16.5 Å². The summed E-state index contributed by atoms with van der Waals surface area (Å²) < 4.78 is 0. The summed E-state index contributed by atoms with van der Waals surface area (Å²) in [5.41, 5.74) is 2.02. The van der Waals surface area contributed by atoms with Crippen LogP contribution in [0.2, 0.25) is 5.02 Å². The molecule has 0 unspecified atom stereocenters. The molecule has 5 rings (SSSR count). The second-order valence-corrected chi connectivity index (χ2v) is 8.46. The molecule has 0 aliphatic carbocycles. The zero-order chi connectivity index (χ0) is 20.1. The average Bonchev–Trinajstić information content (AvgIpc) is 3.43. The molecule has 2 fully saturated rings. The molecule has 29 heavy (non-hydrogen) atoms. The Kier molecular flexibility index (Phi) is 4.42. The second kappa shape index (κ2) is 6.99. The fourth-order valence-electron chi connectivity index (χ4n) is 4.04. The van der Waals surface area contributed by atoms with Gasteiger partial charge in [-0.1, -0.05) is 41.9 Å². The van der Waals surface area contributed by atoms with Gasteiger partial charge in [-0.25, -0.2) is 9.96 Å². The van der Waals surface area contributed by atoms with Gasteiger partial charge in [0.25, 0.3) is 5.91 Å². The second-order valence-electron chi connectivity index (χ2n) is 7.07. The number of rotatable bonds is 3. The van der Waals surface area contributed by atoms with Gasteiger partial charge in [-0.3, -0.25) is 14.4 Å². The van der Waals surface area contributed by atoms with Crippen molar-refractivity contribution < 1.29 is 14.4 Å². The summed E-state index contributed by atoms with van der Waals surface area (Å²) in [6.07, 6.45) is -0.867. The molecule has 1 aromatic heterocycles. The van der Waals surface area contributed by atoms with Gasteiger partial charge in [0.05, 0.1) is 11.4 Å². The molecule has 3 heterocycles. The van der Waals surface area contributed by atoms with Gasteiger partial charge in [0.15, 0.2) is 6.10 Å². The van der Waals surface area contributed by atoms with Crippen LogP contribution in [-0.2, 0) is 14.4 Å². The van der Waals surface area contributed by atoms with Crippen molar-refractivity contribution >= 4 is 46.1 Å². The molecule has 3 atom stereocenters. The van der Waals surface area contributed by atoms with Crippen LogP contribution in [0.5, 0.6) is 0 Å². The van der Waals surface area contributed by atoms with Gasteiger partial charge >= 0.3 is 0 Å². The van der Waals surface area contributed by atoms with Gasteiger partial charge in [-0.05, 0) is 48.2 Å². The minimum absolute atomic E-state index is 0.262. The zero-order valence-electron chi connectivity index (χ0n) is 15.5. The Bertz CT molecular complexity index is 1090. The van der Waals surface area contributed by atoms with Crippen LogP contribution in [0.15, 0.2) is 66.0 Å². The highest BCUT2D eigenvalue weighted by atomic mass is 35.5. The number of fused-ring (bicyclic) bond motifs is 1. The van der Waals surface area contributed by atoms with Crippen LogP contribution in [-0.4, -0.2) is 17.9 Å². The fourth-order valence-corrected chi connectivity index (χ4v) is 5.06. The monoisotopic (exact) mass is 424 g/mol.